The molecule has 2 aromatic carbocycles. The molecule has 1 unspecified atom stereocenters. The van der Waals surface area contributed by atoms with Crippen LogP contribution in [-0.2, 0) is 14.9 Å². The van der Waals surface area contributed by atoms with E-state index in [2.05, 4.69) is 10.3 Å². The zero-order chi connectivity index (χ0) is 19.1. The van der Waals surface area contributed by atoms with Gasteiger partial charge in [0.15, 0.2) is 0 Å². The fourth-order valence-electron chi connectivity index (χ4n) is 3.29. The summed E-state index contributed by atoms with van der Waals surface area (Å²) in [6.45, 7) is 0.262. The van der Waals surface area contributed by atoms with Crippen LogP contribution in [0.3, 0.4) is 0 Å². The van der Waals surface area contributed by atoms with Crippen LogP contribution in [0.15, 0.2) is 79.1 Å². The molecule has 3 aromatic rings. The summed E-state index contributed by atoms with van der Waals surface area (Å²) in [6, 6.07) is 20.0. The minimum Gasteiger partial charge on any atom is -0.375 e. The number of aromatic nitrogens is 1. The quantitative estimate of drug-likeness (QED) is 0.700. The van der Waals surface area contributed by atoms with Gasteiger partial charge in [-0.25, -0.2) is 4.39 Å². The lowest BCUT2D eigenvalue weighted by Gasteiger charge is -2.36. The van der Waals surface area contributed by atoms with E-state index in [1.165, 1.54) is 19.2 Å². The average Bonchev–Trinajstić information content (AvgIpc) is 2.71. The number of methoxy groups -OCH3 is 1. The first-order chi connectivity index (χ1) is 13.2. The minimum atomic E-state index is -0.716. The van der Waals surface area contributed by atoms with E-state index in [9.17, 15) is 9.18 Å². The summed E-state index contributed by atoms with van der Waals surface area (Å²) in [6.07, 6.45) is 3.48. The fraction of sp³-hybridized carbons (Fsp3) is 0.182. The molecule has 3 rings (SSSR count). The van der Waals surface area contributed by atoms with E-state index < -0.39 is 5.41 Å². The SMILES string of the molecule is COCC(=O)NCC(c1ccccc1)(c1ccc(F)cc1)c1cccnc1. The van der Waals surface area contributed by atoms with Crippen LogP contribution in [-0.4, -0.2) is 31.2 Å². The zero-order valence-electron chi connectivity index (χ0n) is 15.1. The Labute approximate surface area is 158 Å². The summed E-state index contributed by atoms with van der Waals surface area (Å²) in [5.74, 6) is -0.529. The highest BCUT2D eigenvalue weighted by Gasteiger charge is 2.37. The molecule has 1 heterocycles. The molecule has 1 N–H and O–H groups in total. The monoisotopic (exact) mass is 364 g/mol. The van der Waals surface area contributed by atoms with Gasteiger partial charge in [0.05, 0.1) is 5.41 Å². The van der Waals surface area contributed by atoms with E-state index in [0.29, 0.717) is 0 Å². The third-order valence-corrected chi connectivity index (χ3v) is 4.58. The van der Waals surface area contributed by atoms with Crippen molar-refractivity contribution in [3.05, 3.63) is 102 Å². The number of carbonyl (C=O) groups excluding carboxylic acids is 1. The minimum absolute atomic E-state index is 0.0265. The highest BCUT2D eigenvalue weighted by atomic mass is 19.1. The third-order valence-electron chi connectivity index (χ3n) is 4.58. The maximum Gasteiger partial charge on any atom is 0.246 e. The van der Waals surface area contributed by atoms with Gasteiger partial charge in [-0.05, 0) is 34.9 Å². The number of ether oxygens (including phenoxy) is 1. The Bertz CT molecular complexity index is 828. The van der Waals surface area contributed by atoms with Crippen molar-refractivity contribution in [1.29, 1.82) is 0 Å². The molecule has 138 valence electrons. The number of hydrogen-bond acceptors (Lipinski definition) is 3. The summed E-state index contributed by atoms with van der Waals surface area (Å²) in [5.41, 5.74) is 2.02. The standard InChI is InChI=1S/C22H21FN2O2/c1-27-15-21(26)25-16-22(17-6-3-2-4-7-17,19-8-5-13-24-14-19)18-9-11-20(23)12-10-18/h2-14H,15-16H2,1H3,(H,25,26). The summed E-state index contributed by atoms with van der Waals surface area (Å²) < 4.78 is 18.5. The van der Waals surface area contributed by atoms with Gasteiger partial charge >= 0.3 is 0 Å². The average molecular weight is 364 g/mol. The van der Waals surface area contributed by atoms with Gasteiger partial charge in [-0.3, -0.25) is 9.78 Å². The van der Waals surface area contributed by atoms with Crippen molar-refractivity contribution in [3.63, 3.8) is 0 Å². The van der Waals surface area contributed by atoms with Gasteiger partial charge in [0.2, 0.25) is 5.91 Å². The smallest absolute Gasteiger partial charge is 0.246 e. The van der Waals surface area contributed by atoms with Crippen molar-refractivity contribution in [2.75, 3.05) is 20.3 Å². The Kier molecular flexibility index (Phi) is 5.94. The van der Waals surface area contributed by atoms with Crippen LogP contribution in [0.2, 0.25) is 0 Å². The molecule has 0 aliphatic heterocycles. The number of amides is 1. The number of hydrogen-bond donors (Lipinski definition) is 1. The molecule has 0 fully saturated rings. The van der Waals surface area contributed by atoms with E-state index >= 15 is 0 Å². The Hall–Kier alpha value is -3.05. The van der Waals surface area contributed by atoms with Crippen LogP contribution in [0, 0.1) is 5.82 Å². The fourth-order valence-corrected chi connectivity index (χ4v) is 3.29. The van der Waals surface area contributed by atoms with E-state index in [4.69, 9.17) is 4.74 Å². The Balaban J connectivity index is 2.18. The largest absolute Gasteiger partial charge is 0.375 e. The topological polar surface area (TPSA) is 51.2 Å². The van der Waals surface area contributed by atoms with Crippen molar-refractivity contribution in [2.24, 2.45) is 0 Å². The molecule has 0 bridgehead atoms. The molecular formula is C22H21FN2O2. The molecule has 1 atom stereocenters. The van der Waals surface area contributed by atoms with Gasteiger partial charge in [-0.2, -0.15) is 0 Å². The number of pyridine rings is 1. The van der Waals surface area contributed by atoms with Crippen molar-refractivity contribution >= 4 is 5.91 Å². The molecule has 4 nitrogen and oxygen atoms in total. The number of benzene rings is 2. The summed E-state index contributed by atoms with van der Waals surface area (Å²) in [7, 11) is 1.48. The molecule has 5 heteroatoms. The molecule has 1 aromatic heterocycles. The molecule has 0 saturated heterocycles. The second-order valence-corrected chi connectivity index (χ2v) is 6.23. The number of rotatable bonds is 7. The van der Waals surface area contributed by atoms with Gasteiger partial charge in [0, 0.05) is 26.0 Å². The van der Waals surface area contributed by atoms with E-state index in [-0.39, 0.29) is 24.9 Å². The van der Waals surface area contributed by atoms with Crippen LogP contribution in [0.1, 0.15) is 16.7 Å². The van der Waals surface area contributed by atoms with Gasteiger partial charge in [-0.15, -0.1) is 0 Å². The molecule has 0 aliphatic carbocycles. The molecule has 0 spiro atoms. The Morgan fingerprint density at radius 2 is 1.67 bits per heavy atom. The van der Waals surface area contributed by atoms with Crippen LogP contribution in [0.25, 0.3) is 0 Å². The lowest BCUT2D eigenvalue weighted by Crippen LogP contribution is -2.43. The first-order valence-corrected chi connectivity index (χ1v) is 8.64. The van der Waals surface area contributed by atoms with Crippen LogP contribution < -0.4 is 5.32 Å². The van der Waals surface area contributed by atoms with Crippen LogP contribution in [0.5, 0.6) is 0 Å². The van der Waals surface area contributed by atoms with Crippen molar-refractivity contribution < 1.29 is 13.9 Å². The van der Waals surface area contributed by atoms with Crippen molar-refractivity contribution in [3.8, 4) is 0 Å². The lowest BCUT2D eigenvalue weighted by atomic mass is 9.69. The van der Waals surface area contributed by atoms with Crippen LogP contribution >= 0.6 is 0 Å². The Morgan fingerprint density at radius 3 is 2.30 bits per heavy atom. The molecular weight excluding hydrogens is 343 g/mol. The lowest BCUT2D eigenvalue weighted by molar-refractivity contribution is -0.124. The van der Waals surface area contributed by atoms with Crippen molar-refractivity contribution in [2.45, 2.75) is 5.41 Å². The van der Waals surface area contributed by atoms with Gasteiger partial charge < -0.3 is 10.1 Å². The Morgan fingerprint density at radius 1 is 1.00 bits per heavy atom. The second-order valence-electron chi connectivity index (χ2n) is 6.23. The van der Waals surface area contributed by atoms with E-state index in [1.54, 1.807) is 24.5 Å². The normalized spacial score (nSPS) is 13.0. The number of nitrogens with one attached hydrogen (secondary N) is 1. The van der Waals surface area contributed by atoms with E-state index in [0.717, 1.165) is 16.7 Å². The third kappa shape index (κ3) is 4.04. The summed E-state index contributed by atoms with van der Waals surface area (Å²) >= 11 is 0. The van der Waals surface area contributed by atoms with E-state index in [1.807, 2.05) is 42.5 Å². The first kappa shape index (κ1) is 18.7. The number of nitrogens with zero attached hydrogens (tertiary/aromatic N) is 1. The molecule has 0 saturated carbocycles. The van der Waals surface area contributed by atoms with Crippen LogP contribution in [0.4, 0.5) is 4.39 Å². The second kappa shape index (κ2) is 8.56. The first-order valence-electron chi connectivity index (χ1n) is 8.64. The highest BCUT2D eigenvalue weighted by molar-refractivity contribution is 5.77. The van der Waals surface area contributed by atoms with Gasteiger partial charge in [0.1, 0.15) is 12.4 Å². The molecule has 1 amide bonds. The number of carbonyl (C=O) groups is 1. The van der Waals surface area contributed by atoms with Crippen molar-refractivity contribution in [1.82, 2.24) is 10.3 Å². The predicted octanol–water partition coefficient (Wildman–Crippen LogP) is 3.32. The van der Waals surface area contributed by atoms with Gasteiger partial charge in [-0.1, -0.05) is 48.5 Å². The molecule has 0 radical (unpaired) electrons. The maximum atomic E-state index is 13.6. The molecule has 27 heavy (non-hydrogen) atoms. The summed E-state index contributed by atoms with van der Waals surface area (Å²) in [5, 5.41) is 2.95. The zero-order valence-corrected chi connectivity index (χ0v) is 15.1. The maximum absolute atomic E-state index is 13.6. The predicted molar refractivity (Wildman–Crippen MR) is 102 cm³/mol. The number of halogens is 1. The summed E-state index contributed by atoms with van der Waals surface area (Å²) in [4.78, 5) is 16.4. The highest BCUT2D eigenvalue weighted by Crippen LogP contribution is 2.38. The van der Waals surface area contributed by atoms with Gasteiger partial charge in [0.25, 0.3) is 0 Å². The molecule has 0 aliphatic rings.